The zero-order valence-corrected chi connectivity index (χ0v) is 8.66. The topological polar surface area (TPSA) is 32.8 Å². The molecule has 1 aromatic rings. The lowest BCUT2D eigenvalue weighted by atomic mass is 9.86. The van der Waals surface area contributed by atoms with Crippen LogP contribution in [0.1, 0.15) is 25.8 Å². The first-order valence-corrected chi connectivity index (χ1v) is 5.05. The smallest absolute Gasteiger partial charge is 0.125 e. The van der Waals surface area contributed by atoms with Crippen molar-refractivity contribution in [2.75, 3.05) is 6.61 Å². The van der Waals surface area contributed by atoms with Crippen LogP contribution < -0.4 is 0 Å². The Morgan fingerprint density at radius 1 is 1.29 bits per heavy atom. The molecule has 0 amide bonds. The number of hydrogen-bond acceptors (Lipinski definition) is 2. The van der Waals surface area contributed by atoms with Gasteiger partial charge in [0.2, 0.25) is 0 Å². The van der Waals surface area contributed by atoms with E-state index in [-0.39, 0.29) is 17.8 Å². The molecule has 0 bridgehead atoms. The van der Waals surface area contributed by atoms with E-state index in [0.29, 0.717) is 0 Å². The normalized spacial score (nSPS) is 35.6. The van der Waals surface area contributed by atoms with Crippen LogP contribution in [0.4, 0.5) is 0 Å². The second-order valence-corrected chi connectivity index (χ2v) is 4.01. The highest BCUT2D eigenvalue weighted by molar-refractivity contribution is 5.32. The Balaban J connectivity index is 2.30. The van der Waals surface area contributed by atoms with Gasteiger partial charge in [-0.15, -0.1) is 0 Å². The Morgan fingerprint density at radius 3 is 2.36 bits per heavy atom. The van der Waals surface area contributed by atoms with E-state index in [2.05, 4.69) is 0 Å². The second-order valence-electron chi connectivity index (χ2n) is 4.01. The van der Waals surface area contributed by atoms with Crippen molar-refractivity contribution in [3.05, 3.63) is 35.9 Å². The maximum Gasteiger partial charge on any atom is 0.125 e. The fourth-order valence-electron chi connectivity index (χ4n) is 2.15. The van der Waals surface area contributed by atoms with Crippen LogP contribution in [0.5, 0.6) is 0 Å². The zero-order chi connectivity index (χ0) is 10.2. The predicted octanol–water partition coefficient (Wildman–Crippen LogP) is 2.07. The molecule has 1 aromatic carbocycles. The summed E-state index contributed by atoms with van der Waals surface area (Å²) in [5, 5.41) is 9.33. The molecule has 2 heteroatoms. The van der Waals surface area contributed by atoms with Gasteiger partial charge in [0, 0.05) is 0 Å². The number of hydrogen-bond donors (Lipinski definition) is 1. The summed E-state index contributed by atoms with van der Waals surface area (Å²) in [6.07, 6.45) is 0.842. The first-order chi connectivity index (χ1) is 6.68. The average molecular weight is 192 g/mol. The van der Waals surface area contributed by atoms with Crippen LogP contribution in [0.3, 0.4) is 0 Å². The Hall–Kier alpha value is -0.860. The summed E-state index contributed by atoms with van der Waals surface area (Å²) in [6, 6.07) is 10.1. The number of benzene rings is 1. The van der Waals surface area contributed by atoms with Crippen LogP contribution in [0.15, 0.2) is 30.3 Å². The lowest BCUT2D eigenvalue weighted by Gasteiger charge is -2.12. The Labute approximate surface area is 84.5 Å². The van der Waals surface area contributed by atoms with E-state index < -0.39 is 0 Å². The van der Waals surface area contributed by atoms with Crippen LogP contribution in [0, 0.1) is 0 Å². The monoisotopic (exact) mass is 192 g/mol. The number of rotatable bonds is 3. The number of ether oxygens (including phenoxy) is 1. The van der Waals surface area contributed by atoms with E-state index in [1.807, 2.05) is 44.2 Å². The Kier molecular flexibility index (Phi) is 2.13. The van der Waals surface area contributed by atoms with Crippen molar-refractivity contribution >= 4 is 0 Å². The molecule has 2 rings (SSSR count). The highest BCUT2D eigenvalue weighted by atomic mass is 16.6. The van der Waals surface area contributed by atoms with Gasteiger partial charge in [0.05, 0.1) is 6.61 Å². The van der Waals surface area contributed by atoms with Crippen molar-refractivity contribution in [3.63, 3.8) is 0 Å². The Bertz CT molecular complexity index is 316. The molecule has 76 valence electrons. The maximum atomic E-state index is 9.33. The summed E-state index contributed by atoms with van der Waals surface area (Å²) < 4.78 is 5.73. The van der Waals surface area contributed by atoms with Gasteiger partial charge in [-0.25, -0.2) is 0 Å². The van der Waals surface area contributed by atoms with Crippen molar-refractivity contribution < 1.29 is 9.84 Å². The molecule has 2 nitrogen and oxygen atoms in total. The standard InChI is InChI=1S/C12H16O2/c1-3-12(9-13)11(2,14-12)10-7-5-4-6-8-10/h4-8,13H,3,9H2,1-2H3/t11-,12-/m1/s1. The van der Waals surface area contributed by atoms with E-state index in [4.69, 9.17) is 4.74 Å². The van der Waals surface area contributed by atoms with Crippen LogP contribution >= 0.6 is 0 Å². The van der Waals surface area contributed by atoms with E-state index in [9.17, 15) is 5.11 Å². The summed E-state index contributed by atoms with van der Waals surface area (Å²) in [4.78, 5) is 0. The fourth-order valence-corrected chi connectivity index (χ4v) is 2.15. The fraction of sp³-hybridized carbons (Fsp3) is 0.500. The van der Waals surface area contributed by atoms with Gasteiger partial charge in [-0.1, -0.05) is 37.3 Å². The third-order valence-corrected chi connectivity index (χ3v) is 3.38. The molecule has 14 heavy (non-hydrogen) atoms. The first-order valence-electron chi connectivity index (χ1n) is 5.05. The molecule has 0 saturated carbocycles. The van der Waals surface area contributed by atoms with Gasteiger partial charge in [0.25, 0.3) is 0 Å². The molecule has 0 unspecified atom stereocenters. The summed E-state index contributed by atoms with van der Waals surface area (Å²) in [5.41, 5.74) is 0.502. The molecule has 1 aliphatic heterocycles. The number of aliphatic hydroxyl groups excluding tert-OH is 1. The lowest BCUT2D eigenvalue weighted by Crippen LogP contribution is -2.24. The molecule has 2 atom stereocenters. The molecule has 0 spiro atoms. The van der Waals surface area contributed by atoms with Crippen molar-refractivity contribution in [3.8, 4) is 0 Å². The van der Waals surface area contributed by atoms with Gasteiger partial charge in [0.15, 0.2) is 0 Å². The average Bonchev–Trinajstić information content (AvgIpc) is 2.88. The van der Waals surface area contributed by atoms with Gasteiger partial charge in [-0.05, 0) is 18.9 Å². The highest BCUT2D eigenvalue weighted by Gasteiger charge is 2.66. The summed E-state index contributed by atoms with van der Waals surface area (Å²) in [6.45, 7) is 4.18. The lowest BCUT2D eigenvalue weighted by molar-refractivity contribution is 0.167. The van der Waals surface area contributed by atoms with E-state index in [1.54, 1.807) is 0 Å². The largest absolute Gasteiger partial charge is 0.393 e. The molecular formula is C12H16O2. The van der Waals surface area contributed by atoms with Crippen LogP contribution in [0.25, 0.3) is 0 Å². The molecule has 0 aromatic heterocycles. The summed E-state index contributed by atoms with van der Waals surface area (Å²) in [5.74, 6) is 0. The summed E-state index contributed by atoms with van der Waals surface area (Å²) in [7, 11) is 0. The van der Waals surface area contributed by atoms with Crippen LogP contribution in [0.2, 0.25) is 0 Å². The Morgan fingerprint density at radius 2 is 1.93 bits per heavy atom. The van der Waals surface area contributed by atoms with E-state index >= 15 is 0 Å². The molecule has 0 radical (unpaired) electrons. The van der Waals surface area contributed by atoms with Crippen LogP contribution in [-0.4, -0.2) is 17.3 Å². The van der Waals surface area contributed by atoms with Crippen molar-refractivity contribution in [1.82, 2.24) is 0 Å². The minimum Gasteiger partial charge on any atom is -0.393 e. The highest BCUT2D eigenvalue weighted by Crippen LogP contribution is 2.56. The molecular weight excluding hydrogens is 176 g/mol. The van der Waals surface area contributed by atoms with Gasteiger partial charge >= 0.3 is 0 Å². The molecule has 1 heterocycles. The minimum atomic E-state index is -0.353. The molecule has 0 aliphatic carbocycles. The minimum absolute atomic E-state index is 0.0922. The van der Waals surface area contributed by atoms with E-state index in [0.717, 1.165) is 12.0 Å². The van der Waals surface area contributed by atoms with Crippen molar-refractivity contribution in [2.24, 2.45) is 0 Å². The van der Waals surface area contributed by atoms with Crippen molar-refractivity contribution in [2.45, 2.75) is 31.5 Å². The van der Waals surface area contributed by atoms with Gasteiger partial charge in [0.1, 0.15) is 11.2 Å². The SMILES string of the molecule is CC[C@]1(CO)O[C@]1(C)c1ccccc1. The first kappa shape index (κ1) is 9.69. The number of epoxide rings is 1. The maximum absolute atomic E-state index is 9.33. The molecule has 1 aliphatic rings. The summed E-state index contributed by atoms with van der Waals surface area (Å²) >= 11 is 0. The molecule has 1 saturated heterocycles. The van der Waals surface area contributed by atoms with Gasteiger partial charge < -0.3 is 9.84 Å². The second kappa shape index (κ2) is 3.07. The van der Waals surface area contributed by atoms with Crippen molar-refractivity contribution in [1.29, 1.82) is 0 Å². The van der Waals surface area contributed by atoms with Crippen LogP contribution in [-0.2, 0) is 10.3 Å². The molecule has 1 N–H and O–H groups in total. The van der Waals surface area contributed by atoms with Gasteiger partial charge in [-0.2, -0.15) is 0 Å². The third-order valence-electron chi connectivity index (χ3n) is 3.38. The van der Waals surface area contributed by atoms with E-state index in [1.165, 1.54) is 0 Å². The van der Waals surface area contributed by atoms with Gasteiger partial charge in [-0.3, -0.25) is 0 Å². The quantitative estimate of drug-likeness (QED) is 0.744. The third kappa shape index (κ3) is 1.11. The predicted molar refractivity (Wildman–Crippen MR) is 55.0 cm³/mol. The molecule has 1 fully saturated rings. The zero-order valence-electron chi connectivity index (χ0n) is 8.66. The number of aliphatic hydroxyl groups is 1.